The van der Waals surface area contributed by atoms with Gasteiger partial charge < -0.3 is 14.4 Å². The summed E-state index contributed by atoms with van der Waals surface area (Å²) in [6, 6.07) is 16.5. The van der Waals surface area contributed by atoms with Gasteiger partial charge in [0, 0.05) is 22.5 Å². The fourth-order valence-corrected chi connectivity index (χ4v) is 5.22. The largest absolute Gasteiger partial charge is 0.493 e. The number of carbonyl (C=O) groups excluding carboxylic acids is 1. The predicted molar refractivity (Wildman–Crippen MR) is 124 cm³/mol. The lowest BCUT2D eigenvalue weighted by molar-refractivity contribution is 0.104. The van der Waals surface area contributed by atoms with Crippen LogP contribution >= 0.6 is 11.6 Å². The number of rotatable bonds is 5. The zero-order valence-electron chi connectivity index (χ0n) is 17.6. The van der Waals surface area contributed by atoms with E-state index in [2.05, 4.69) is 0 Å². The van der Waals surface area contributed by atoms with Crippen molar-refractivity contribution in [1.29, 1.82) is 0 Å². The Morgan fingerprint density at radius 1 is 0.938 bits per heavy atom. The number of sulfone groups is 1. The van der Waals surface area contributed by atoms with Crippen LogP contribution in [0.2, 0.25) is 5.02 Å². The Labute approximate surface area is 191 Å². The molecule has 4 rings (SSSR count). The highest BCUT2D eigenvalue weighted by atomic mass is 35.5. The number of carbonyl (C=O) groups is 1. The standard InChI is InChI=1S/C24H20ClNO5S/c1-15-8-10-17(13-18(15)25)26-14-23(32(28,29)22-7-5-4-6-19(22)26)24(27)16-9-11-20(30-2)21(12-16)31-3/h4-14H,1-3H3. The molecule has 1 aliphatic heterocycles. The number of halogens is 1. The van der Waals surface area contributed by atoms with Crippen molar-refractivity contribution in [1.82, 2.24) is 0 Å². The molecule has 1 heterocycles. The number of anilines is 2. The molecule has 3 aromatic rings. The molecule has 3 aromatic carbocycles. The molecule has 1 aliphatic rings. The van der Waals surface area contributed by atoms with Crippen LogP contribution in [0.15, 0.2) is 76.7 Å². The second-order valence-corrected chi connectivity index (χ2v) is 9.46. The number of aryl methyl sites for hydroxylation is 1. The molecular formula is C24H20ClNO5S. The van der Waals surface area contributed by atoms with Crippen molar-refractivity contribution in [2.75, 3.05) is 19.1 Å². The third-order valence-electron chi connectivity index (χ3n) is 5.25. The van der Waals surface area contributed by atoms with Gasteiger partial charge in [0.15, 0.2) is 11.5 Å². The van der Waals surface area contributed by atoms with E-state index >= 15 is 0 Å². The molecular weight excluding hydrogens is 450 g/mol. The van der Waals surface area contributed by atoms with Gasteiger partial charge in [-0.05, 0) is 55.0 Å². The second kappa shape index (κ2) is 8.33. The van der Waals surface area contributed by atoms with Gasteiger partial charge in [-0.15, -0.1) is 0 Å². The minimum absolute atomic E-state index is 0.0445. The van der Waals surface area contributed by atoms with E-state index in [1.54, 1.807) is 35.2 Å². The molecule has 0 saturated carbocycles. The number of benzene rings is 3. The molecule has 8 heteroatoms. The molecule has 0 atom stereocenters. The SMILES string of the molecule is COc1ccc(C(=O)C2=CN(c3ccc(C)c(Cl)c3)c3ccccc3S2(=O)=O)cc1OC. The first kappa shape index (κ1) is 21.9. The van der Waals surface area contributed by atoms with Gasteiger partial charge in [0.1, 0.15) is 4.91 Å². The van der Waals surface area contributed by atoms with E-state index in [0.29, 0.717) is 27.9 Å². The summed E-state index contributed by atoms with van der Waals surface area (Å²) in [5.41, 5.74) is 2.13. The number of methoxy groups -OCH3 is 2. The lowest BCUT2D eigenvalue weighted by Gasteiger charge is -2.29. The fourth-order valence-electron chi connectivity index (χ4n) is 3.50. The quantitative estimate of drug-likeness (QED) is 0.471. The van der Waals surface area contributed by atoms with Crippen molar-refractivity contribution in [2.45, 2.75) is 11.8 Å². The lowest BCUT2D eigenvalue weighted by atomic mass is 10.1. The number of hydrogen-bond donors (Lipinski definition) is 0. The van der Waals surface area contributed by atoms with Crippen molar-refractivity contribution in [3.63, 3.8) is 0 Å². The van der Waals surface area contributed by atoms with Crippen LogP contribution in [0.5, 0.6) is 11.5 Å². The van der Waals surface area contributed by atoms with Crippen molar-refractivity contribution in [3.8, 4) is 11.5 Å². The van der Waals surface area contributed by atoms with Crippen LogP contribution in [-0.2, 0) is 9.84 Å². The number of nitrogens with zero attached hydrogens (tertiary/aromatic N) is 1. The Kier molecular flexibility index (Phi) is 5.71. The van der Waals surface area contributed by atoms with Crippen LogP contribution in [0, 0.1) is 6.92 Å². The van der Waals surface area contributed by atoms with Crippen LogP contribution in [-0.4, -0.2) is 28.4 Å². The molecule has 32 heavy (non-hydrogen) atoms. The number of Topliss-reactive ketones (excluding diaryl/α,β-unsaturated/α-hetero) is 1. The summed E-state index contributed by atoms with van der Waals surface area (Å²) in [6.07, 6.45) is 1.34. The summed E-state index contributed by atoms with van der Waals surface area (Å²) in [4.78, 5) is 14.8. The van der Waals surface area contributed by atoms with Crippen molar-refractivity contribution in [2.24, 2.45) is 0 Å². The number of ketones is 1. The summed E-state index contributed by atoms with van der Waals surface area (Å²) in [5.74, 6) is 0.115. The van der Waals surface area contributed by atoms with Gasteiger partial charge in [-0.2, -0.15) is 0 Å². The van der Waals surface area contributed by atoms with E-state index in [-0.39, 0.29) is 15.4 Å². The molecule has 6 nitrogen and oxygen atoms in total. The van der Waals surface area contributed by atoms with Gasteiger partial charge in [0.05, 0.1) is 24.8 Å². The minimum Gasteiger partial charge on any atom is -0.493 e. The first-order chi connectivity index (χ1) is 15.3. The number of para-hydroxylation sites is 1. The Balaban J connectivity index is 1.90. The van der Waals surface area contributed by atoms with Gasteiger partial charge in [-0.25, -0.2) is 8.42 Å². The molecule has 0 fully saturated rings. The topological polar surface area (TPSA) is 72.9 Å². The van der Waals surface area contributed by atoms with Gasteiger partial charge in [0.2, 0.25) is 15.6 Å². The normalized spacial score (nSPS) is 14.4. The monoisotopic (exact) mass is 469 g/mol. The van der Waals surface area contributed by atoms with E-state index < -0.39 is 15.6 Å². The third-order valence-corrected chi connectivity index (χ3v) is 7.45. The van der Waals surface area contributed by atoms with Crippen molar-refractivity contribution >= 4 is 38.6 Å². The average Bonchev–Trinajstić information content (AvgIpc) is 2.80. The van der Waals surface area contributed by atoms with Crippen molar-refractivity contribution < 1.29 is 22.7 Å². The Morgan fingerprint density at radius 2 is 1.66 bits per heavy atom. The molecule has 0 bridgehead atoms. The van der Waals surface area contributed by atoms with Gasteiger partial charge >= 0.3 is 0 Å². The van der Waals surface area contributed by atoms with Crippen LogP contribution in [0.4, 0.5) is 11.4 Å². The second-order valence-electron chi connectivity index (χ2n) is 7.17. The molecule has 164 valence electrons. The summed E-state index contributed by atoms with van der Waals surface area (Å²) in [6.45, 7) is 1.88. The number of ether oxygens (including phenoxy) is 2. The van der Waals surface area contributed by atoms with Gasteiger partial charge in [-0.1, -0.05) is 29.8 Å². The highest BCUT2D eigenvalue weighted by Gasteiger charge is 2.36. The van der Waals surface area contributed by atoms with Crippen LogP contribution < -0.4 is 14.4 Å². The maximum absolute atomic E-state index is 13.4. The summed E-state index contributed by atoms with van der Waals surface area (Å²) in [5, 5.41) is 0.537. The van der Waals surface area contributed by atoms with Gasteiger partial charge in [-0.3, -0.25) is 4.79 Å². The Bertz CT molecular complexity index is 1360. The zero-order valence-corrected chi connectivity index (χ0v) is 19.2. The lowest BCUT2D eigenvalue weighted by Crippen LogP contribution is -2.25. The molecule has 0 amide bonds. The van der Waals surface area contributed by atoms with Crippen LogP contribution in [0.1, 0.15) is 15.9 Å². The molecule has 0 radical (unpaired) electrons. The first-order valence-electron chi connectivity index (χ1n) is 9.66. The molecule has 0 unspecified atom stereocenters. The first-order valence-corrected chi connectivity index (χ1v) is 11.5. The number of allylic oxidation sites excluding steroid dienone is 1. The summed E-state index contributed by atoms with van der Waals surface area (Å²) >= 11 is 6.31. The Morgan fingerprint density at radius 3 is 2.34 bits per heavy atom. The number of fused-ring (bicyclic) bond motifs is 1. The molecule has 0 aromatic heterocycles. The van der Waals surface area contributed by atoms with Crippen molar-refractivity contribution in [3.05, 3.63) is 87.9 Å². The van der Waals surface area contributed by atoms with E-state index in [4.69, 9.17) is 21.1 Å². The Hall–Kier alpha value is -3.29. The summed E-state index contributed by atoms with van der Waals surface area (Å²) < 4.78 is 37.3. The van der Waals surface area contributed by atoms with E-state index in [9.17, 15) is 13.2 Å². The molecule has 0 saturated heterocycles. The highest BCUT2D eigenvalue weighted by Crippen LogP contribution is 2.41. The van der Waals surface area contributed by atoms with E-state index in [0.717, 1.165) is 5.56 Å². The minimum atomic E-state index is -4.06. The smallest absolute Gasteiger partial charge is 0.214 e. The highest BCUT2D eigenvalue weighted by molar-refractivity contribution is 7.96. The van der Waals surface area contributed by atoms with Crippen LogP contribution in [0.3, 0.4) is 0 Å². The van der Waals surface area contributed by atoms with Gasteiger partial charge in [0.25, 0.3) is 0 Å². The summed E-state index contributed by atoms with van der Waals surface area (Å²) in [7, 11) is -1.13. The molecule has 0 N–H and O–H groups in total. The molecule has 0 aliphatic carbocycles. The number of hydrogen-bond acceptors (Lipinski definition) is 6. The maximum Gasteiger partial charge on any atom is 0.214 e. The molecule has 0 spiro atoms. The maximum atomic E-state index is 13.4. The van der Waals surface area contributed by atoms with E-state index in [1.807, 2.05) is 19.1 Å². The average molecular weight is 470 g/mol. The third kappa shape index (κ3) is 3.63. The zero-order chi connectivity index (χ0) is 23.0. The van der Waals surface area contributed by atoms with E-state index in [1.165, 1.54) is 38.6 Å². The van der Waals surface area contributed by atoms with Crippen LogP contribution in [0.25, 0.3) is 0 Å². The fraction of sp³-hybridized carbons (Fsp3) is 0.125. The predicted octanol–water partition coefficient (Wildman–Crippen LogP) is 5.32.